The summed E-state index contributed by atoms with van der Waals surface area (Å²) in [6, 6.07) is 0. The van der Waals surface area contributed by atoms with Crippen LogP contribution in [0.5, 0.6) is 0 Å². The molecule has 84 valence electrons. The minimum atomic E-state index is -0.357. The van der Waals surface area contributed by atoms with Gasteiger partial charge in [0.1, 0.15) is 0 Å². The van der Waals surface area contributed by atoms with Crippen LogP contribution < -0.4 is 5.32 Å². The molecule has 0 saturated heterocycles. The van der Waals surface area contributed by atoms with Gasteiger partial charge >= 0.3 is 0 Å². The van der Waals surface area contributed by atoms with Crippen LogP contribution in [-0.4, -0.2) is 26.2 Å². The van der Waals surface area contributed by atoms with Gasteiger partial charge in [0.15, 0.2) is 0 Å². The number of aromatic nitrogens is 4. The van der Waals surface area contributed by atoms with Gasteiger partial charge in [0.25, 0.3) is 11.7 Å². The van der Waals surface area contributed by atoms with E-state index in [9.17, 15) is 4.79 Å². The zero-order valence-corrected chi connectivity index (χ0v) is 8.73. The smallest absolute Gasteiger partial charge is 0.292 e. The average molecular weight is 221 g/mol. The molecule has 2 rings (SSSR count). The predicted molar refractivity (Wildman–Crippen MR) is 53.4 cm³/mol. The van der Waals surface area contributed by atoms with Crippen LogP contribution in [0, 0.1) is 0 Å². The molecule has 0 aliphatic heterocycles. The summed E-state index contributed by atoms with van der Waals surface area (Å²) in [5.41, 5.74) is 0.882. The number of aromatic amines is 1. The van der Waals surface area contributed by atoms with Crippen LogP contribution in [0.3, 0.4) is 0 Å². The number of nitrogens with one attached hydrogen (secondary N) is 2. The van der Waals surface area contributed by atoms with Crippen molar-refractivity contribution in [1.29, 1.82) is 0 Å². The van der Waals surface area contributed by atoms with Gasteiger partial charge in [-0.05, 0) is 0 Å². The number of carbonyl (C=O) groups is 1. The minimum absolute atomic E-state index is 0.0559. The summed E-state index contributed by atoms with van der Waals surface area (Å²) in [7, 11) is 0. The van der Waals surface area contributed by atoms with Gasteiger partial charge in [-0.25, -0.2) is 0 Å². The Kier molecular flexibility index (Phi) is 2.95. The highest BCUT2D eigenvalue weighted by atomic mass is 16.5. The third-order valence-electron chi connectivity index (χ3n) is 1.98. The van der Waals surface area contributed by atoms with Crippen molar-refractivity contribution in [2.45, 2.75) is 19.9 Å². The Morgan fingerprint density at radius 3 is 3.12 bits per heavy atom. The molecule has 16 heavy (non-hydrogen) atoms. The topological polar surface area (TPSA) is 96.7 Å². The molecular formula is C9H11N5O2. The maximum Gasteiger partial charge on any atom is 0.292 e. The second-order valence-corrected chi connectivity index (χ2v) is 3.15. The zero-order valence-electron chi connectivity index (χ0n) is 8.73. The van der Waals surface area contributed by atoms with E-state index in [2.05, 4.69) is 25.7 Å². The van der Waals surface area contributed by atoms with Crippen molar-refractivity contribution in [3.63, 3.8) is 0 Å². The lowest BCUT2D eigenvalue weighted by Gasteiger charge is -1.97. The first-order valence-electron chi connectivity index (χ1n) is 4.88. The number of aryl methyl sites for hydroxylation is 1. The lowest BCUT2D eigenvalue weighted by atomic mass is 10.3. The molecule has 0 bridgehead atoms. The Morgan fingerprint density at radius 2 is 2.50 bits per heavy atom. The number of carbonyl (C=O) groups excluding carboxylic acids is 1. The summed E-state index contributed by atoms with van der Waals surface area (Å²) >= 11 is 0. The summed E-state index contributed by atoms with van der Waals surface area (Å²) < 4.78 is 4.83. The van der Waals surface area contributed by atoms with Gasteiger partial charge in [-0.1, -0.05) is 12.1 Å². The van der Waals surface area contributed by atoms with Crippen LogP contribution in [0.15, 0.2) is 16.9 Å². The van der Waals surface area contributed by atoms with Crippen LogP contribution in [0.2, 0.25) is 0 Å². The molecule has 2 heterocycles. The van der Waals surface area contributed by atoms with Gasteiger partial charge in [-0.3, -0.25) is 9.89 Å². The summed E-state index contributed by atoms with van der Waals surface area (Å²) in [4.78, 5) is 15.5. The second-order valence-electron chi connectivity index (χ2n) is 3.15. The molecule has 7 heteroatoms. The normalized spacial score (nSPS) is 10.3. The highest BCUT2D eigenvalue weighted by molar-refractivity contribution is 5.90. The molecule has 0 aliphatic rings. The lowest BCUT2D eigenvalue weighted by molar-refractivity contribution is 0.0937. The zero-order chi connectivity index (χ0) is 11.4. The van der Waals surface area contributed by atoms with Crippen molar-refractivity contribution in [2.24, 2.45) is 0 Å². The number of hydrogen-bond acceptors (Lipinski definition) is 5. The third-order valence-corrected chi connectivity index (χ3v) is 1.98. The Balaban J connectivity index is 1.93. The molecule has 0 radical (unpaired) electrons. The summed E-state index contributed by atoms with van der Waals surface area (Å²) in [6.07, 6.45) is 3.95. The number of amides is 1. The van der Waals surface area contributed by atoms with Gasteiger partial charge in [0.2, 0.25) is 5.89 Å². The van der Waals surface area contributed by atoms with E-state index in [4.69, 9.17) is 4.52 Å². The summed E-state index contributed by atoms with van der Waals surface area (Å²) in [5.74, 6) is 0.151. The van der Waals surface area contributed by atoms with Crippen LogP contribution in [0.4, 0.5) is 0 Å². The molecule has 0 fully saturated rings. The maximum absolute atomic E-state index is 11.5. The van der Waals surface area contributed by atoms with Gasteiger partial charge < -0.3 is 9.84 Å². The van der Waals surface area contributed by atoms with Crippen molar-refractivity contribution < 1.29 is 9.32 Å². The van der Waals surface area contributed by atoms with Crippen molar-refractivity contribution in [3.8, 4) is 0 Å². The van der Waals surface area contributed by atoms with Crippen molar-refractivity contribution in [3.05, 3.63) is 29.7 Å². The molecule has 0 aliphatic carbocycles. The van der Waals surface area contributed by atoms with Crippen molar-refractivity contribution in [1.82, 2.24) is 25.7 Å². The molecule has 2 N–H and O–H groups in total. The molecule has 0 unspecified atom stereocenters. The van der Waals surface area contributed by atoms with E-state index < -0.39 is 0 Å². The highest BCUT2D eigenvalue weighted by Crippen LogP contribution is 1.99. The van der Waals surface area contributed by atoms with Crippen LogP contribution in [-0.2, 0) is 13.0 Å². The van der Waals surface area contributed by atoms with Crippen LogP contribution in [0.1, 0.15) is 29.0 Å². The van der Waals surface area contributed by atoms with E-state index >= 15 is 0 Å². The highest BCUT2D eigenvalue weighted by Gasteiger charge is 2.13. The molecule has 7 nitrogen and oxygen atoms in total. The first-order valence-corrected chi connectivity index (χ1v) is 4.88. The van der Waals surface area contributed by atoms with E-state index in [0.717, 1.165) is 5.56 Å². The fourth-order valence-corrected chi connectivity index (χ4v) is 1.13. The van der Waals surface area contributed by atoms with Gasteiger partial charge in [0.05, 0.1) is 6.20 Å². The van der Waals surface area contributed by atoms with Gasteiger partial charge in [0, 0.05) is 24.7 Å². The molecular weight excluding hydrogens is 210 g/mol. The minimum Gasteiger partial charge on any atom is -0.345 e. The summed E-state index contributed by atoms with van der Waals surface area (Å²) in [6.45, 7) is 2.26. The number of rotatable bonds is 4. The van der Waals surface area contributed by atoms with Crippen LogP contribution >= 0.6 is 0 Å². The lowest BCUT2D eigenvalue weighted by Crippen LogP contribution is -2.23. The van der Waals surface area contributed by atoms with E-state index in [-0.39, 0.29) is 11.7 Å². The summed E-state index contributed by atoms with van der Waals surface area (Å²) in [5, 5.41) is 12.6. The molecule has 2 aromatic rings. The largest absolute Gasteiger partial charge is 0.345 e. The Labute approximate surface area is 91.2 Å². The fraction of sp³-hybridized carbons (Fsp3) is 0.333. The van der Waals surface area contributed by atoms with Crippen molar-refractivity contribution in [2.75, 3.05) is 0 Å². The maximum atomic E-state index is 11.5. The second kappa shape index (κ2) is 4.56. The molecule has 0 spiro atoms. The molecule has 0 aromatic carbocycles. The monoisotopic (exact) mass is 221 g/mol. The standard InChI is InChI=1S/C9H11N5O2/c1-2-7-13-8(14-16-7)9(15)10-3-6-4-11-12-5-6/h4-5H,2-3H2,1H3,(H,10,15)(H,11,12). The fourth-order valence-electron chi connectivity index (χ4n) is 1.13. The predicted octanol–water partition coefficient (Wildman–Crippen LogP) is 0.285. The SMILES string of the molecule is CCc1nc(C(=O)NCc2cn[nH]c2)no1. The molecule has 1 amide bonds. The van der Waals surface area contributed by atoms with E-state index in [1.165, 1.54) is 0 Å². The number of H-pyrrole nitrogens is 1. The van der Waals surface area contributed by atoms with E-state index in [0.29, 0.717) is 18.9 Å². The van der Waals surface area contributed by atoms with Crippen molar-refractivity contribution >= 4 is 5.91 Å². The van der Waals surface area contributed by atoms with Gasteiger partial charge in [-0.15, -0.1) is 0 Å². The van der Waals surface area contributed by atoms with Gasteiger partial charge in [-0.2, -0.15) is 10.1 Å². The number of hydrogen-bond donors (Lipinski definition) is 2. The number of nitrogens with zero attached hydrogens (tertiary/aromatic N) is 3. The Morgan fingerprint density at radius 1 is 1.62 bits per heavy atom. The van der Waals surface area contributed by atoms with E-state index in [1.54, 1.807) is 12.4 Å². The molecule has 0 saturated carbocycles. The third kappa shape index (κ3) is 2.25. The van der Waals surface area contributed by atoms with Crippen LogP contribution in [0.25, 0.3) is 0 Å². The average Bonchev–Trinajstić information content (AvgIpc) is 2.96. The molecule has 0 atom stereocenters. The first-order chi connectivity index (χ1) is 7.79. The van der Waals surface area contributed by atoms with E-state index in [1.807, 2.05) is 6.92 Å². The Bertz CT molecular complexity index is 462. The Hall–Kier alpha value is -2.18. The quantitative estimate of drug-likeness (QED) is 0.773. The first kappa shape index (κ1) is 10.3. The molecule has 2 aromatic heterocycles.